The largest absolute Gasteiger partial charge is 0.381 e. The molecule has 1 aliphatic heterocycles. The van der Waals surface area contributed by atoms with E-state index in [1.54, 1.807) is 0 Å². The zero-order valence-electron chi connectivity index (χ0n) is 9.82. The Balaban J connectivity index is 1.91. The molecule has 2 rings (SSSR count). The molecule has 1 aromatic rings. The molecule has 94 valence electrons. The molecule has 0 spiro atoms. The molecule has 0 aromatic heterocycles. The lowest BCUT2D eigenvalue weighted by molar-refractivity contribution is -0.0391. The molecule has 0 amide bonds. The maximum absolute atomic E-state index is 13.2. The van der Waals surface area contributed by atoms with Crippen LogP contribution in [-0.4, -0.2) is 19.3 Å². The van der Waals surface area contributed by atoms with Gasteiger partial charge in [-0.2, -0.15) is 0 Å². The molecule has 0 atom stereocenters. The second-order valence-corrected chi connectivity index (χ2v) is 4.29. The van der Waals surface area contributed by atoms with E-state index in [2.05, 4.69) is 0 Å². The highest BCUT2D eigenvalue weighted by Gasteiger charge is 2.14. The van der Waals surface area contributed by atoms with E-state index in [0.717, 1.165) is 37.2 Å². The van der Waals surface area contributed by atoms with Crippen molar-refractivity contribution < 1.29 is 13.9 Å². The molecule has 17 heavy (non-hydrogen) atoms. The van der Waals surface area contributed by atoms with Crippen molar-refractivity contribution in [2.45, 2.75) is 32.1 Å². The van der Waals surface area contributed by atoms with Gasteiger partial charge in [0.15, 0.2) is 0 Å². The quantitative estimate of drug-likeness (QED) is 0.873. The van der Waals surface area contributed by atoms with Crippen LogP contribution in [0.3, 0.4) is 0 Å². The van der Waals surface area contributed by atoms with Crippen LogP contribution in [0.15, 0.2) is 18.2 Å². The summed E-state index contributed by atoms with van der Waals surface area (Å²) in [5.74, 6) is -0.251. The highest BCUT2D eigenvalue weighted by Crippen LogP contribution is 2.15. The van der Waals surface area contributed by atoms with Crippen molar-refractivity contribution in [2.75, 3.05) is 13.2 Å². The number of rotatable bonds is 4. The minimum Gasteiger partial charge on any atom is -0.381 e. The maximum atomic E-state index is 13.2. The summed E-state index contributed by atoms with van der Waals surface area (Å²) < 4.78 is 24.2. The van der Waals surface area contributed by atoms with E-state index in [4.69, 9.17) is 15.2 Å². The number of nitrogens with two attached hydrogens (primary N) is 1. The Morgan fingerprint density at radius 3 is 2.65 bits per heavy atom. The SMILES string of the molecule is NCc1cc(F)cc(COC2CCOCC2)c1. The molecule has 1 saturated heterocycles. The highest BCUT2D eigenvalue weighted by atomic mass is 19.1. The maximum Gasteiger partial charge on any atom is 0.123 e. The van der Waals surface area contributed by atoms with Gasteiger partial charge >= 0.3 is 0 Å². The fourth-order valence-electron chi connectivity index (χ4n) is 1.98. The van der Waals surface area contributed by atoms with Crippen LogP contribution < -0.4 is 5.73 Å². The molecule has 0 unspecified atom stereocenters. The molecular formula is C13H18FNO2. The summed E-state index contributed by atoms with van der Waals surface area (Å²) in [5.41, 5.74) is 7.15. The standard InChI is InChI=1S/C13H18FNO2/c14-12-6-10(8-15)5-11(7-12)9-17-13-1-3-16-4-2-13/h5-7,13H,1-4,8-9,15H2. The van der Waals surface area contributed by atoms with Crippen LogP contribution in [0.2, 0.25) is 0 Å². The van der Waals surface area contributed by atoms with Crippen LogP contribution in [0.4, 0.5) is 4.39 Å². The Hall–Kier alpha value is -0.970. The lowest BCUT2D eigenvalue weighted by Gasteiger charge is -2.22. The van der Waals surface area contributed by atoms with Crippen LogP contribution >= 0.6 is 0 Å². The minimum absolute atomic E-state index is 0.230. The first-order valence-electron chi connectivity index (χ1n) is 5.95. The van der Waals surface area contributed by atoms with Gasteiger partial charge in [0.05, 0.1) is 12.7 Å². The Bertz CT molecular complexity index is 364. The first kappa shape index (κ1) is 12.5. The third kappa shape index (κ3) is 3.77. The summed E-state index contributed by atoms with van der Waals surface area (Å²) in [6.45, 7) is 2.29. The molecule has 2 N–H and O–H groups in total. The van der Waals surface area contributed by atoms with Gasteiger partial charge in [-0.05, 0) is 36.1 Å². The van der Waals surface area contributed by atoms with Gasteiger partial charge in [-0.15, -0.1) is 0 Å². The number of benzene rings is 1. The van der Waals surface area contributed by atoms with Crippen LogP contribution in [0, 0.1) is 5.82 Å². The second-order valence-electron chi connectivity index (χ2n) is 4.29. The summed E-state index contributed by atoms with van der Waals surface area (Å²) in [7, 11) is 0. The number of halogens is 1. The van der Waals surface area contributed by atoms with Gasteiger partial charge in [-0.1, -0.05) is 6.07 Å². The van der Waals surface area contributed by atoms with E-state index in [9.17, 15) is 4.39 Å². The normalized spacial score (nSPS) is 17.3. The molecule has 1 aromatic carbocycles. The van der Waals surface area contributed by atoms with Gasteiger partial charge in [0.1, 0.15) is 5.82 Å². The van der Waals surface area contributed by atoms with Crippen LogP contribution in [0.25, 0.3) is 0 Å². The van der Waals surface area contributed by atoms with Crippen molar-refractivity contribution in [3.05, 3.63) is 35.1 Å². The second kappa shape index (κ2) is 6.10. The highest BCUT2D eigenvalue weighted by molar-refractivity contribution is 5.24. The molecule has 0 bridgehead atoms. The molecular weight excluding hydrogens is 221 g/mol. The van der Waals surface area contributed by atoms with Crippen molar-refractivity contribution in [3.63, 3.8) is 0 Å². The topological polar surface area (TPSA) is 44.5 Å². The van der Waals surface area contributed by atoms with Crippen molar-refractivity contribution >= 4 is 0 Å². The van der Waals surface area contributed by atoms with E-state index in [-0.39, 0.29) is 11.9 Å². The fraction of sp³-hybridized carbons (Fsp3) is 0.538. The predicted molar refractivity (Wildman–Crippen MR) is 62.9 cm³/mol. The average molecular weight is 239 g/mol. The number of hydrogen-bond acceptors (Lipinski definition) is 3. The summed E-state index contributed by atoms with van der Waals surface area (Å²) in [4.78, 5) is 0. The molecule has 1 heterocycles. The molecule has 0 aliphatic carbocycles. The van der Waals surface area contributed by atoms with Gasteiger partial charge < -0.3 is 15.2 Å². The predicted octanol–water partition coefficient (Wildman–Crippen LogP) is 1.98. The first-order valence-corrected chi connectivity index (χ1v) is 5.95. The summed E-state index contributed by atoms with van der Waals surface area (Å²) in [6, 6.07) is 4.85. The fourth-order valence-corrected chi connectivity index (χ4v) is 1.98. The van der Waals surface area contributed by atoms with Gasteiger partial charge in [0.25, 0.3) is 0 Å². The van der Waals surface area contributed by atoms with Gasteiger partial charge in [0.2, 0.25) is 0 Å². The Kier molecular flexibility index (Phi) is 4.48. The molecule has 0 radical (unpaired) electrons. The number of ether oxygens (including phenoxy) is 2. The van der Waals surface area contributed by atoms with E-state index >= 15 is 0 Å². The van der Waals surface area contributed by atoms with Gasteiger partial charge in [0, 0.05) is 19.8 Å². The summed E-state index contributed by atoms with van der Waals surface area (Å²) in [6.07, 6.45) is 2.06. The van der Waals surface area contributed by atoms with Crippen LogP contribution in [0.1, 0.15) is 24.0 Å². The lowest BCUT2D eigenvalue weighted by atomic mass is 10.1. The Morgan fingerprint density at radius 1 is 1.24 bits per heavy atom. The van der Waals surface area contributed by atoms with Crippen molar-refractivity contribution in [2.24, 2.45) is 5.73 Å². The third-order valence-corrected chi connectivity index (χ3v) is 2.91. The third-order valence-electron chi connectivity index (χ3n) is 2.91. The monoisotopic (exact) mass is 239 g/mol. The smallest absolute Gasteiger partial charge is 0.123 e. The van der Waals surface area contributed by atoms with Crippen molar-refractivity contribution in [1.29, 1.82) is 0 Å². The Morgan fingerprint density at radius 2 is 1.94 bits per heavy atom. The first-order chi connectivity index (χ1) is 8.28. The van der Waals surface area contributed by atoms with Gasteiger partial charge in [-0.3, -0.25) is 0 Å². The molecule has 3 nitrogen and oxygen atoms in total. The number of hydrogen-bond donors (Lipinski definition) is 1. The van der Waals surface area contributed by atoms with E-state index in [1.165, 1.54) is 12.1 Å². The van der Waals surface area contributed by atoms with E-state index in [1.807, 2.05) is 6.07 Å². The van der Waals surface area contributed by atoms with E-state index in [0.29, 0.717) is 13.2 Å². The molecule has 1 fully saturated rings. The van der Waals surface area contributed by atoms with E-state index < -0.39 is 0 Å². The molecule has 4 heteroatoms. The van der Waals surface area contributed by atoms with Crippen molar-refractivity contribution in [1.82, 2.24) is 0 Å². The zero-order chi connectivity index (χ0) is 12.1. The lowest BCUT2D eigenvalue weighted by Crippen LogP contribution is -2.23. The average Bonchev–Trinajstić information content (AvgIpc) is 2.37. The van der Waals surface area contributed by atoms with Gasteiger partial charge in [-0.25, -0.2) is 4.39 Å². The van der Waals surface area contributed by atoms with Crippen LogP contribution in [-0.2, 0) is 22.6 Å². The summed E-state index contributed by atoms with van der Waals surface area (Å²) >= 11 is 0. The zero-order valence-corrected chi connectivity index (χ0v) is 9.82. The molecule has 1 aliphatic rings. The summed E-state index contributed by atoms with van der Waals surface area (Å²) in [5, 5.41) is 0. The minimum atomic E-state index is -0.251. The Labute approximate surface area is 101 Å². The van der Waals surface area contributed by atoms with Crippen molar-refractivity contribution in [3.8, 4) is 0 Å². The molecule has 0 saturated carbocycles. The van der Waals surface area contributed by atoms with Crippen LogP contribution in [0.5, 0.6) is 0 Å².